The number of halogens is 3. The van der Waals surface area contributed by atoms with Crippen LogP contribution in [0.3, 0.4) is 0 Å². The fourth-order valence-electron chi connectivity index (χ4n) is 3.33. The van der Waals surface area contributed by atoms with Crippen molar-refractivity contribution in [1.29, 1.82) is 0 Å². The number of nitrogen functional groups attached to an aromatic ring is 2. The van der Waals surface area contributed by atoms with Crippen LogP contribution in [-0.4, -0.2) is 51.3 Å². The number of fused-ring (bicyclic) bond motifs is 1. The monoisotopic (exact) mass is 616 g/mol. The number of nitrogens with zero attached hydrogens (tertiary/aromatic N) is 3. The molecule has 0 atom stereocenters. The van der Waals surface area contributed by atoms with Crippen molar-refractivity contribution >= 4 is 64.2 Å². The number of carbonyl (C=O) groups is 3. The number of aliphatic imine (C=N–C) groups is 1. The molecule has 3 heterocycles. The highest BCUT2D eigenvalue weighted by Gasteiger charge is 2.21. The number of aromatic carboxylic acids is 2. The lowest BCUT2D eigenvalue weighted by molar-refractivity contribution is 0.0687. The molecule has 1 aliphatic heterocycles. The lowest BCUT2D eigenvalue weighted by atomic mass is 10.0. The number of hydrogen-bond acceptors (Lipinski definition) is 8. The van der Waals surface area contributed by atoms with Crippen molar-refractivity contribution in [1.82, 2.24) is 9.97 Å². The lowest BCUT2D eigenvalue weighted by Crippen LogP contribution is -2.04. The van der Waals surface area contributed by atoms with Gasteiger partial charge in [-0.2, -0.15) is 0 Å². The zero-order valence-electron chi connectivity index (χ0n) is 22.2. The summed E-state index contributed by atoms with van der Waals surface area (Å²) in [5.41, 5.74) is 15.1. The first-order chi connectivity index (χ1) is 20.0. The number of carboxylic acids is 2. The van der Waals surface area contributed by atoms with Crippen LogP contribution in [0.2, 0.25) is 10.3 Å². The molecule has 2 aromatic carbocycles. The second kappa shape index (κ2) is 17.1. The Morgan fingerprint density at radius 1 is 0.929 bits per heavy atom. The number of carbonyl (C=O) groups excluding carboxylic acids is 1. The minimum Gasteiger partial charge on any atom is -0.478 e. The molecular formula is C29H28Cl2FN5O5. The molecule has 0 spiro atoms. The van der Waals surface area contributed by atoms with Gasteiger partial charge in [0.2, 0.25) is 0 Å². The average molecular weight is 617 g/mol. The van der Waals surface area contributed by atoms with Crippen LogP contribution < -0.4 is 11.5 Å². The van der Waals surface area contributed by atoms with E-state index in [0.717, 1.165) is 23.1 Å². The summed E-state index contributed by atoms with van der Waals surface area (Å²) >= 11 is 11.2. The van der Waals surface area contributed by atoms with E-state index in [1.54, 1.807) is 48.7 Å². The minimum atomic E-state index is -1.06. The van der Waals surface area contributed by atoms with Gasteiger partial charge in [-0.1, -0.05) is 48.8 Å². The predicted molar refractivity (Wildman–Crippen MR) is 163 cm³/mol. The van der Waals surface area contributed by atoms with Crippen LogP contribution in [0, 0.1) is 0 Å². The fraction of sp³-hybridized carbons (Fsp3) is 0.103. The van der Waals surface area contributed by atoms with Crippen molar-refractivity contribution < 1.29 is 30.4 Å². The number of rotatable bonds is 4. The highest BCUT2D eigenvalue weighted by Crippen LogP contribution is 2.32. The van der Waals surface area contributed by atoms with Crippen molar-refractivity contribution in [2.45, 2.75) is 13.8 Å². The predicted octanol–water partition coefficient (Wildman–Crippen LogP) is 6.43. The van der Waals surface area contributed by atoms with E-state index in [1.165, 1.54) is 12.3 Å². The van der Waals surface area contributed by atoms with Gasteiger partial charge in [0.25, 0.3) is 0 Å². The Bertz CT molecular complexity index is 1570. The minimum absolute atomic E-state index is 0. The molecule has 5 rings (SSSR count). The summed E-state index contributed by atoms with van der Waals surface area (Å²) in [6.07, 6.45) is 4.41. The normalized spacial score (nSPS) is 10.7. The number of hydrogen-bond donors (Lipinski definition) is 4. The molecule has 0 saturated carbocycles. The maximum absolute atomic E-state index is 11.1. The maximum Gasteiger partial charge on any atom is 0.337 e. The van der Waals surface area contributed by atoms with E-state index in [9.17, 15) is 18.8 Å². The molecule has 0 bridgehead atoms. The maximum atomic E-state index is 11.1. The van der Waals surface area contributed by atoms with E-state index in [4.69, 9.17) is 46.3 Å². The summed E-state index contributed by atoms with van der Waals surface area (Å²) in [7, 11) is -1.00. The number of benzene rings is 2. The van der Waals surface area contributed by atoms with E-state index in [-0.39, 0.29) is 24.2 Å². The third-order valence-corrected chi connectivity index (χ3v) is 5.72. The van der Waals surface area contributed by atoms with Gasteiger partial charge in [-0.3, -0.25) is 14.2 Å². The zero-order chi connectivity index (χ0) is 31.2. The SMILES string of the molecule is C.Nc1cccc(C(=O)O)c1N.O=C(O)c1cccc2c1N=C(c1ccc(Cl)nc1)C2.O=Cc1ccc(Cl)nc1.[2H]CF. The Labute approximate surface area is 252 Å². The fourth-order valence-corrected chi connectivity index (χ4v) is 3.56. The number of aldehydes is 1. The van der Waals surface area contributed by atoms with Crippen LogP contribution in [-0.2, 0) is 6.42 Å². The molecule has 6 N–H and O–H groups in total. The number of pyridine rings is 2. The van der Waals surface area contributed by atoms with Gasteiger partial charge in [0.1, 0.15) is 10.3 Å². The molecule has 0 aliphatic carbocycles. The Balaban J connectivity index is 0.000000330. The van der Waals surface area contributed by atoms with Gasteiger partial charge < -0.3 is 21.7 Å². The van der Waals surface area contributed by atoms with E-state index in [1.807, 2.05) is 12.1 Å². The number of para-hydroxylation sites is 2. The summed E-state index contributed by atoms with van der Waals surface area (Å²) in [6, 6.07) is 16.4. The van der Waals surface area contributed by atoms with Crippen molar-refractivity contribution in [3.05, 3.63) is 111 Å². The highest BCUT2D eigenvalue weighted by atomic mass is 35.5. The van der Waals surface area contributed by atoms with E-state index < -0.39 is 19.1 Å². The summed E-state index contributed by atoms with van der Waals surface area (Å²) in [5.74, 6) is -2.02. The van der Waals surface area contributed by atoms with E-state index in [0.29, 0.717) is 33.7 Å². The number of anilines is 2. The molecule has 42 heavy (non-hydrogen) atoms. The molecule has 220 valence electrons. The number of aromatic nitrogens is 2. The standard InChI is InChI=1S/C14H9ClN2O2.C7H8N2O2.C6H4ClNO.CH3F.CH4/c15-12-5-4-9(7-16-12)11-6-8-2-1-3-10(14(18)19)13(8)17-11;8-5-3-1-2-4(6(5)9)7(10)11;7-6-2-1-5(4-9)3-8-6;1-2;/h1-5,7H,6H2,(H,18,19);1-3H,8-9H2,(H,10,11);1-4H;1H3;1H4/i;;;1D;. The van der Waals surface area contributed by atoms with Gasteiger partial charge in [0.15, 0.2) is 6.29 Å². The second-order valence-corrected chi connectivity index (χ2v) is 8.64. The highest BCUT2D eigenvalue weighted by molar-refractivity contribution is 6.29. The molecule has 10 nitrogen and oxygen atoms in total. The third-order valence-electron chi connectivity index (χ3n) is 5.27. The smallest absolute Gasteiger partial charge is 0.337 e. The number of nitrogens with two attached hydrogens (primary N) is 2. The molecule has 0 fully saturated rings. The Morgan fingerprint density at radius 3 is 2.00 bits per heavy atom. The second-order valence-electron chi connectivity index (χ2n) is 7.87. The van der Waals surface area contributed by atoms with E-state index >= 15 is 0 Å². The molecule has 2 aromatic heterocycles. The van der Waals surface area contributed by atoms with Gasteiger partial charge in [0, 0.05) is 29.9 Å². The van der Waals surface area contributed by atoms with Crippen molar-refractivity contribution in [3.8, 4) is 0 Å². The molecule has 1 aliphatic rings. The van der Waals surface area contributed by atoms with Gasteiger partial charge >= 0.3 is 11.9 Å². The summed E-state index contributed by atoms with van der Waals surface area (Å²) in [5, 5.41) is 18.5. The number of alkyl halides is 1. The van der Waals surface area contributed by atoms with Gasteiger partial charge in [0.05, 0.1) is 42.4 Å². The Kier molecular flexibility index (Phi) is 13.5. The van der Waals surface area contributed by atoms with Crippen LogP contribution in [0.4, 0.5) is 21.5 Å². The first-order valence-corrected chi connectivity index (χ1v) is 12.1. The molecule has 0 radical (unpaired) electrons. The van der Waals surface area contributed by atoms with Gasteiger partial charge in [-0.05, 0) is 48.0 Å². The van der Waals surface area contributed by atoms with Crippen LogP contribution in [0.15, 0.2) is 78.0 Å². The molecule has 4 aromatic rings. The van der Waals surface area contributed by atoms with Crippen LogP contribution in [0.25, 0.3) is 0 Å². The third kappa shape index (κ3) is 9.65. The van der Waals surface area contributed by atoms with Crippen molar-refractivity contribution in [2.24, 2.45) is 4.99 Å². The van der Waals surface area contributed by atoms with Gasteiger partial charge in [-0.15, -0.1) is 0 Å². The molecule has 0 saturated heterocycles. The average Bonchev–Trinajstić information content (AvgIpc) is 3.41. The molecule has 0 unspecified atom stereocenters. The van der Waals surface area contributed by atoms with Crippen molar-refractivity contribution in [3.63, 3.8) is 0 Å². The largest absolute Gasteiger partial charge is 0.478 e. The Hall–Kier alpha value is -4.87. The first-order valence-electron chi connectivity index (χ1n) is 12.1. The summed E-state index contributed by atoms with van der Waals surface area (Å²) in [4.78, 5) is 43.7. The van der Waals surface area contributed by atoms with Gasteiger partial charge in [-0.25, -0.2) is 19.6 Å². The zero-order valence-corrected chi connectivity index (χ0v) is 22.7. The topological polar surface area (TPSA) is 182 Å². The Morgan fingerprint density at radius 2 is 1.50 bits per heavy atom. The number of carboxylic acid groups (broad SMARTS) is 2. The van der Waals surface area contributed by atoms with Crippen LogP contribution in [0.1, 0.15) is 51.0 Å². The quantitative estimate of drug-likeness (QED) is 0.114. The van der Waals surface area contributed by atoms with E-state index in [2.05, 4.69) is 15.0 Å². The molecule has 0 amide bonds. The summed E-state index contributed by atoms with van der Waals surface area (Å²) in [6.45, 7) is 0. The van der Waals surface area contributed by atoms with Crippen molar-refractivity contribution in [2.75, 3.05) is 18.6 Å². The molecular weight excluding hydrogens is 588 g/mol. The van der Waals surface area contributed by atoms with Crippen LogP contribution in [0.5, 0.6) is 0 Å². The van der Waals surface area contributed by atoms with Crippen LogP contribution >= 0.6 is 23.2 Å². The summed E-state index contributed by atoms with van der Waals surface area (Å²) < 4.78 is 15.5. The molecule has 13 heteroatoms. The first kappa shape index (κ1) is 33.3. The lowest BCUT2D eigenvalue weighted by Gasteiger charge is -2.01.